The van der Waals surface area contributed by atoms with Crippen molar-refractivity contribution < 1.29 is 9.47 Å². The van der Waals surface area contributed by atoms with Crippen LogP contribution in [0, 0.1) is 6.92 Å². The molecule has 0 aliphatic carbocycles. The van der Waals surface area contributed by atoms with Gasteiger partial charge in [0.2, 0.25) is 0 Å². The Labute approximate surface area is 137 Å². The first-order chi connectivity index (χ1) is 10.6. The van der Waals surface area contributed by atoms with Crippen LogP contribution in [0.15, 0.2) is 36.4 Å². The summed E-state index contributed by atoms with van der Waals surface area (Å²) in [6, 6.07) is 5.89. The molecule has 5 heteroatoms. The molecule has 2 rings (SSSR count). The third kappa shape index (κ3) is 4.69. The fourth-order valence-corrected chi connectivity index (χ4v) is 2.84. The molecule has 0 fully saturated rings. The summed E-state index contributed by atoms with van der Waals surface area (Å²) in [5.74, 6) is 1.58. The summed E-state index contributed by atoms with van der Waals surface area (Å²) >= 11 is 1.67. The average molecular weight is 333 g/mol. The molecule has 0 N–H and O–H groups in total. The number of rotatable bonds is 8. The summed E-state index contributed by atoms with van der Waals surface area (Å²) in [5.41, 5.74) is 4.00. The lowest BCUT2D eigenvalue weighted by atomic mass is 10.1. The Balaban J connectivity index is 2.05. The fourth-order valence-electron chi connectivity index (χ4n) is 1.94. The van der Waals surface area contributed by atoms with Gasteiger partial charge in [0.25, 0.3) is 0 Å². The molecule has 0 unspecified atom stereocenters. The maximum absolute atomic E-state index is 5.88. The van der Waals surface area contributed by atoms with Gasteiger partial charge in [-0.15, -0.1) is 20.2 Å². The number of aromatic nitrogens is 1. The van der Waals surface area contributed by atoms with Gasteiger partial charge in [0, 0.05) is 17.4 Å². The minimum atomic E-state index is 0.476. The van der Waals surface area contributed by atoms with E-state index in [0.29, 0.717) is 13.2 Å². The lowest BCUT2D eigenvalue weighted by Crippen LogP contribution is -2.03. The third-order valence-electron chi connectivity index (χ3n) is 3.12. The van der Waals surface area contributed by atoms with Crippen LogP contribution in [0.4, 0.5) is 0 Å². The van der Waals surface area contributed by atoms with Crippen LogP contribution in [0.25, 0.3) is 0 Å². The first-order valence-electron chi connectivity index (χ1n) is 7.06. The number of ether oxygens (including phenoxy) is 2. The molecule has 1 aromatic carbocycles. The summed E-state index contributed by atoms with van der Waals surface area (Å²) in [6.45, 7) is 8.78. The number of benzene rings is 1. The zero-order valence-corrected chi connectivity index (χ0v) is 14.7. The van der Waals surface area contributed by atoms with Crippen molar-refractivity contribution in [3.05, 3.63) is 52.5 Å². The van der Waals surface area contributed by atoms with Crippen LogP contribution in [0.3, 0.4) is 0 Å². The second kappa shape index (κ2) is 8.11. The molecule has 22 heavy (non-hydrogen) atoms. The van der Waals surface area contributed by atoms with Gasteiger partial charge in [-0.1, -0.05) is 12.7 Å². The number of aryl methyl sites for hydroxylation is 1. The van der Waals surface area contributed by atoms with E-state index in [4.69, 9.17) is 9.47 Å². The SMILES string of the molecule is C=CCOc1cc(OCCc2scnc2C)cc(C(C)=P)c1. The molecule has 1 aromatic heterocycles. The highest BCUT2D eigenvalue weighted by atomic mass is 32.1. The van der Waals surface area contributed by atoms with Crippen LogP contribution in [0.1, 0.15) is 23.1 Å². The average Bonchev–Trinajstić information content (AvgIpc) is 2.90. The smallest absolute Gasteiger partial charge is 0.124 e. The van der Waals surface area contributed by atoms with Gasteiger partial charge in [0.15, 0.2) is 0 Å². The molecule has 0 aliphatic heterocycles. The Morgan fingerprint density at radius 1 is 1.32 bits per heavy atom. The Bertz CT molecular complexity index is 666. The minimum absolute atomic E-state index is 0.476. The molecule has 0 saturated carbocycles. The van der Waals surface area contributed by atoms with Gasteiger partial charge in [-0.3, -0.25) is 0 Å². The summed E-state index contributed by atoms with van der Waals surface area (Å²) < 4.78 is 11.5. The van der Waals surface area contributed by atoms with Crippen LogP contribution >= 0.6 is 20.2 Å². The van der Waals surface area contributed by atoms with E-state index in [9.17, 15) is 0 Å². The molecule has 116 valence electrons. The summed E-state index contributed by atoms with van der Waals surface area (Å²) in [6.07, 6.45) is 2.59. The maximum atomic E-state index is 5.88. The standard InChI is InChI=1S/C17H20NO2PS/c1-4-6-19-15-8-14(13(3)21)9-16(10-15)20-7-5-17-12(2)18-11-22-17/h4,8-11,21H,1,5-7H2,2-3H3. The molecule has 0 amide bonds. The Kier molecular flexibility index (Phi) is 6.17. The molecule has 0 saturated heterocycles. The zero-order chi connectivity index (χ0) is 15.9. The molecular weight excluding hydrogens is 313 g/mol. The lowest BCUT2D eigenvalue weighted by Gasteiger charge is -2.11. The summed E-state index contributed by atoms with van der Waals surface area (Å²) in [7, 11) is 3.56. The quantitative estimate of drug-likeness (QED) is 0.532. The van der Waals surface area contributed by atoms with Gasteiger partial charge in [-0.2, -0.15) is 0 Å². The molecule has 0 atom stereocenters. The van der Waals surface area contributed by atoms with Crippen LogP contribution in [0.5, 0.6) is 11.5 Å². The van der Waals surface area contributed by atoms with E-state index in [-0.39, 0.29) is 0 Å². The largest absolute Gasteiger partial charge is 0.493 e. The van der Waals surface area contributed by atoms with Crippen molar-refractivity contribution in [2.75, 3.05) is 13.2 Å². The van der Waals surface area contributed by atoms with Gasteiger partial charge in [0.1, 0.15) is 18.1 Å². The summed E-state index contributed by atoms with van der Waals surface area (Å²) in [4.78, 5) is 5.52. The van der Waals surface area contributed by atoms with Crippen LogP contribution in [0.2, 0.25) is 0 Å². The number of hydrogen-bond acceptors (Lipinski definition) is 4. The lowest BCUT2D eigenvalue weighted by molar-refractivity contribution is 0.316. The van der Waals surface area contributed by atoms with Crippen LogP contribution < -0.4 is 9.47 Å². The number of thiazole rings is 1. The first-order valence-corrected chi connectivity index (χ1v) is 8.44. The molecule has 0 aliphatic rings. The van der Waals surface area contributed by atoms with Crippen molar-refractivity contribution in [1.82, 2.24) is 4.98 Å². The van der Waals surface area contributed by atoms with Crippen molar-refractivity contribution in [3.63, 3.8) is 0 Å². The van der Waals surface area contributed by atoms with Crippen LogP contribution in [-0.4, -0.2) is 23.5 Å². The van der Waals surface area contributed by atoms with E-state index in [1.54, 1.807) is 17.4 Å². The summed E-state index contributed by atoms with van der Waals surface area (Å²) in [5, 5.41) is 1.03. The van der Waals surface area contributed by atoms with Crippen molar-refractivity contribution in [2.45, 2.75) is 20.3 Å². The van der Waals surface area contributed by atoms with Crippen LogP contribution in [-0.2, 0) is 6.42 Å². The van der Waals surface area contributed by atoms with Gasteiger partial charge < -0.3 is 9.47 Å². The first kappa shape index (κ1) is 16.7. The van der Waals surface area contributed by atoms with Gasteiger partial charge >= 0.3 is 0 Å². The predicted molar refractivity (Wildman–Crippen MR) is 96.3 cm³/mol. The Morgan fingerprint density at radius 3 is 2.64 bits per heavy atom. The highest BCUT2D eigenvalue weighted by Crippen LogP contribution is 2.24. The predicted octanol–water partition coefficient (Wildman–Crippen LogP) is 4.32. The van der Waals surface area contributed by atoms with Crippen molar-refractivity contribution in [1.29, 1.82) is 0 Å². The minimum Gasteiger partial charge on any atom is -0.493 e. The van der Waals surface area contributed by atoms with Crippen molar-refractivity contribution in [3.8, 4) is 11.5 Å². The van der Waals surface area contributed by atoms with Gasteiger partial charge in [-0.05, 0) is 36.8 Å². The van der Waals surface area contributed by atoms with Crippen molar-refractivity contribution >= 4 is 25.5 Å². The number of hydrogen-bond donors (Lipinski definition) is 0. The maximum Gasteiger partial charge on any atom is 0.124 e. The third-order valence-corrected chi connectivity index (χ3v) is 4.41. The fraction of sp³-hybridized carbons (Fsp3) is 0.294. The van der Waals surface area contributed by atoms with E-state index in [1.165, 1.54) is 4.88 Å². The molecule has 1 heterocycles. The monoisotopic (exact) mass is 333 g/mol. The zero-order valence-electron chi connectivity index (χ0n) is 12.9. The second-order valence-electron chi connectivity index (χ2n) is 4.88. The van der Waals surface area contributed by atoms with E-state index in [1.807, 2.05) is 37.6 Å². The number of nitrogens with zero attached hydrogens (tertiary/aromatic N) is 1. The molecule has 0 bridgehead atoms. The van der Waals surface area contributed by atoms with E-state index < -0.39 is 0 Å². The van der Waals surface area contributed by atoms with E-state index >= 15 is 0 Å². The van der Waals surface area contributed by atoms with Gasteiger partial charge in [-0.25, -0.2) is 4.98 Å². The Hall–Kier alpha value is -1.64. The highest BCUT2D eigenvalue weighted by molar-refractivity contribution is 7.22. The van der Waals surface area contributed by atoms with Gasteiger partial charge in [0.05, 0.1) is 17.8 Å². The second-order valence-corrected chi connectivity index (χ2v) is 6.57. The topological polar surface area (TPSA) is 31.4 Å². The molecule has 3 nitrogen and oxygen atoms in total. The molecule has 0 radical (unpaired) electrons. The normalized spacial score (nSPS) is 10.3. The molecule has 0 spiro atoms. The van der Waals surface area contributed by atoms with E-state index in [0.717, 1.165) is 34.5 Å². The molecular formula is C17H20NO2PS. The highest BCUT2D eigenvalue weighted by Gasteiger charge is 2.06. The van der Waals surface area contributed by atoms with Crippen molar-refractivity contribution in [2.24, 2.45) is 0 Å². The molecule has 2 aromatic rings. The van der Waals surface area contributed by atoms with E-state index in [2.05, 4.69) is 20.4 Å². The Morgan fingerprint density at radius 2 is 2.05 bits per heavy atom.